The van der Waals surface area contributed by atoms with Gasteiger partial charge in [0.25, 0.3) is 0 Å². The Labute approximate surface area is 146 Å². The molecule has 0 saturated carbocycles. The second-order valence-electron chi connectivity index (χ2n) is 5.53. The number of hydrogen-bond donors (Lipinski definition) is 2. The molecule has 0 radical (unpaired) electrons. The lowest BCUT2D eigenvalue weighted by Crippen LogP contribution is -2.17. The van der Waals surface area contributed by atoms with Crippen molar-refractivity contribution in [2.75, 3.05) is 25.6 Å². The van der Waals surface area contributed by atoms with Gasteiger partial charge in [-0.3, -0.25) is 0 Å². The number of ether oxygens (including phenoxy) is 1. The third-order valence-corrected chi connectivity index (χ3v) is 3.92. The molecule has 0 bridgehead atoms. The van der Waals surface area contributed by atoms with Gasteiger partial charge in [0.2, 0.25) is 5.95 Å². The number of aliphatic hydroxyl groups excluding tert-OH is 1. The highest BCUT2D eigenvalue weighted by Gasteiger charge is 2.12. The molecule has 0 spiro atoms. The molecule has 6 nitrogen and oxygen atoms in total. The number of aliphatic hydroxyl groups is 1. The number of benzene rings is 2. The van der Waals surface area contributed by atoms with Gasteiger partial charge in [-0.05, 0) is 17.7 Å². The molecule has 0 aliphatic carbocycles. The van der Waals surface area contributed by atoms with Gasteiger partial charge < -0.3 is 15.2 Å². The van der Waals surface area contributed by atoms with Gasteiger partial charge in [-0.1, -0.05) is 42.5 Å². The smallest absolute Gasteiger partial charge is 0.226 e. The maximum absolute atomic E-state index is 9.69. The van der Waals surface area contributed by atoms with Crippen molar-refractivity contribution in [3.8, 4) is 17.1 Å². The Balaban J connectivity index is 1.69. The molecule has 1 aromatic heterocycles. The second kappa shape index (κ2) is 8.21. The quantitative estimate of drug-likeness (QED) is 0.690. The third-order valence-electron chi connectivity index (χ3n) is 3.92. The van der Waals surface area contributed by atoms with Crippen LogP contribution < -0.4 is 10.1 Å². The van der Waals surface area contributed by atoms with Crippen LogP contribution in [0.4, 0.5) is 5.95 Å². The minimum atomic E-state index is -0.0668. The summed E-state index contributed by atoms with van der Waals surface area (Å²) in [5, 5.41) is 12.9. The van der Waals surface area contributed by atoms with Gasteiger partial charge in [0, 0.05) is 18.0 Å². The van der Waals surface area contributed by atoms with Crippen LogP contribution in [0, 0.1) is 0 Å². The van der Waals surface area contributed by atoms with Crippen LogP contribution in [0.15, 0.2) is 60.9 Å². The summed E-state index contributed by atoms with van der Waals surface area (Å²) >= 11 is 0. The molecule has 25 heavy (non-hydrogen) atoms. The van der Waals surface area contributed by atoms with Crippen molar-refractivity contribution < 1.29 is 9.84 Å². The van der Waals surface area contributed by atoms with E-state index in [1.165, 1.54) is 6.33 Å². The topological polar surface area (TPSA) is 80.2 Å². The number of nitrogens with one attached hydrogen (secondary N) is 1. The van der Waals surface area contributed by atoms with Crippen molar-refractivity contribution >= 4 is 5.95 Å². The van der Waals surface area contributed by atoms with E-state index in [0.717, 1.165) is 16.9 Å². The first-order valence-electron chi connectivity index (χ1n) is 8.03. The molecule has 3 rings (SSSR count). The van der Waals surface area contributed by atoms with Gasteiger partial charge in [0.05, 0.1) is 13.7 Å². The van der Waals surface area contributed by atoms with E-state index in [0.29, 0.717) is 18.3 Å². The Bertz CT molecular complexity index is 794. The van der Waals surface area contributed by atoms with E-state index in [-0.39, 0.29) is 12.5 Å². The molecule has 6 heteroatoms. The zero-order valence-electron chi connectivity index (χ0n) is 14.0. The van der Waals surface area contributed by atoms with Crippen molar-refractivity contribution in [2.24, 2.45) is 0 Å². The summed E-state index contributed by atoms with van der Waals surface area (Å²) in [6, 6.07) is 17.4. The number of aromatic nitrogens is 3. The summed E-state index contributed by atoms with van der Waals surface area (Å²) in [7, 11) is 1.63. The first-order chi connectivity index (χ1) is 12.3. The number of methoxy groups -OCH3 is 1. The van der Waals surface area contributed by atoms with Gasteiger partial charge >= 0.3 is 0 Å². The van der Waals surface area contributed by atoms with Crippen molar-refractivity contribution in [3.05, 3.63) is 66.5 Å². The van der Waals surface area contributed by atoms with Gasteiger partial charge in [-0.25, -0.2) is 9.97 Å². The predicted molar refractivity (Wildman–Crippen MR) is 96.6 cm³/mol. The molecule has 0 aliphatic heterocycles. The Morgan fingerprint density at radius 3 is 2.48 bits per heavy atom. The van der Waals surface area contributed by atoms with Gasteiger partial charge in [0.15, 0.2) is 5.82 Å². The monoisotopic (exact) mass is 336 g/mol. The Morgan fingerprint density at radius 1 is 1.04 bits per heavy atom. The number of nitrogens with zero attached hydrogens (tertiary/aromatic N) is 3. The summed E-state index contributed by atoms with van der Waals surface area (Å²) in [4.78, 5) is 12.8. The van der Waals surface area contributed by atoms with Crippen molar-refractivity contribution in [1.82, 2.24) is 15.0 Å². The molecule has 1 unspecified atom stereocenters. The predicted octanol–water partition coefficient (Wildman–Crippen LogP) is 2.74. The minimum absolute atomic E-state index is 0.0238. The van der Waals surface area contributed by atoms with Gasteiger partial charge in [-0.15, -0.1) is 0 Å². The Hall–Kier alpha value is -2.99. The summed E-state index contributed by atoms with van der Waals surface area (Å²) in [6.07, 6.45) is 1.49. The lowest BCUT2D eigenvalue weighted by Gasteiger charge is -2.16. The Kier molecular flexibility index (Phi) is 5.53. The summed E-state index contributed by atoms with van der Waals surface area (Å²) in [6.45, 7) is 0.539. The highest BCUT2D eigenvalue weighted by molar-refractivity contribution is 5.55. The minimum Gasteiger partial charge on any atom is -0.497 e. The summed E-state index contributed by atoms with van der Waals surface area (Å²) in [5.41, 5.74) is 1.95. The molecule has 0 amide bonds. The van der Waals surface area contributed by atoms with Gasteiger partial charge in [0.1, 0.15) is 12.1 Å². The molecular weight excluding hydrogens is 316 g/mol. The second-order valence-corrected chi connectivity index (χ2v) is 5.53. The van der Waals surface area contributed by atoms with E-state index >= 15 is 0 Å². The normalized spacial score (nSPS) is 11.8. The number of hydrogen-bond acceptors (Lipinski definition) is 6. The fraction of sp³-hybridized carbons (Fsp3) is 0.211. The van der Waals surface area contributed by atoms with Crippen LogP contribution in [-0.4, -0.2) is 40.3 Å². The largest absolute Gasteiger partial charge is 0.497 e. The average Bonchev–Trinajstić information content (AvgIpc) is 2.70. The van der Waals surface area contributed by atoms with Crippen LogP contribution in [0.2, 0.25) is 0 Å². The first kappa shape index (κ1) is 16.9. The van der Waals surface area contributed by atoms with Crippen LogP contribution in [0.5, 0.6) is 5.75 Å². The van der Waals surface area contributed by atoms with Crippen LogP contribution in [0.25, 0.3) is 11.4 Å². The maximum Gasteiger partial charge on any atom is 0.226 e. The number of rotatable bonds is 7. The lowest BCUT2D eigenvalue weighted by molar-refractivity contribution is 0.269. The first-order valence-corrected chi connectivity index (χ1v) is 8.03. The standard InChI is InChI=1S/C19H20N4O2/c1-25-17-9-7-14(8-10-17)16(12-24)11-20-19-22-13-21-18(23-19)15-5-3-2-4-6-15/h2-10,13,16,24H,11-12H2,1H3,(H,20,21,22,23). The Morgan fingerprint density at radius 2 is 1.80 bits per heavy atom. The van der Waals surface area contributed by atoms with Crippen LogP contribution in [-0.2, 0) is 0 Å². The van der Waals surface area contributed by atoms with Crippen molar-refractivity contribution in [2.45, 2.75) is 5.92 Å². The van der Waals surface area contributed by atoms with Crippen molar-refractivity contribution in [1.29, 1.82) is 0 Å². The van der Waals surface area contributed by atoms with E-state index in [4.69, 9.17) is 4.74 Å². The fourth-order valence-corrected chi connectivity index (χ4v) is 2.49. The lowest BCUT2D eigenvalue weighted by atomic mass is 10.00. The third kappa shape index (κ3) is 4.30. The summed E-state index contributed by atoms with van der Waals surface area (Å²) in [5.74, 6) is 1.82. The average molecular weight is 336 g/mol. The molecule has 0 fully saturated rings. The molecule has 0 saturated heterocycles. The molecule has 128 valence electrons. The van der Waals surface area contributed by atoms with E-state index in [9.17, 15) is 5.11 Å². The zero-order valence-corrected chi connectivity index (χ0v) is 14.0. The van der Waals surface area contributed by atoms with E-state index in [1.807, 2.05) is 54.6 Å². The summed E-state index contributed by atoms with van der Waals surface area (Å²) < 4.78 is 5.16. The van der Waals surface area contributed by atoms with E-state index in [2.05, 4.69) is 20.3 Å². The molecule has 1 atom stereocenters. The van der Waals surface area contributed by atoms with E-state index in [1.54, 1.807) is 7.11 Å². The van der Waals surface area contributed by atoms with Crippen LogP contribution in [0.3, 0.4) is 0 Å². The van der Waals surface area contributed by atoms with Crippen LogP contribution >= 0.6 is 0 Å². The molecule has 2 N–H and O–H groups in total. The highest BCUT2D eigenvalue weighted by Crippen LogP contribution is 2.20. The molecule has 2 aromatic carbocycles. The van der Waals surface area contributed by atoms with Crippen LogP contribution in [0.1, 0.15) is 11.5 Å². The molecule has 3 aromatic rings. The van der Waals surface area contributed by atoms with E-state index < -0.39 is 0 Å². The van der Waals surface area contributed by atoms with Crippen molar-refractivity contribution in [3.63, 3.8) is 0 Å². The number of anilines is 1. The molecule has 1 heterocycles. The molecule has 0 aliphatic rings. The maximum atomic E-state index is 9.69. The van der Waals surface area contributed by atoms with Gasteiger partial charge in [-0.2, -0.15) is 4.98 Å². The highest BCUT2D eigenvalue weighted by atomic mass is 16.5. The zero-order chi connectivity index (χ0) is 17.5. The fourth-order valence-electron chi connectivity index (χ4n) is 2.49. The molecular formula is C19H20N4O2. The SMILES string of the molecule is COc1ccc(C(CO)CNc2ncnc(-c3ccccc3)n2)cc1.